The fraction of sp³-hybridized carbons (Fsp3) is 0.120. The maximum absolute atomic E-state index is 13.5. The first-order valence-electron chi connectivity index (χ1n) is 10.5. The number of sulfonamides is 1. The molecule has 0 bridgehead atoms. The Balaban J connectivity index is 1.38. The molecule has 4 aromatic rings. The first kappa shape index (κ1) is 21.4. The molecule has 0 saturated heterocycles. The first-order valence-corrected chi connectivity index (χ1v) is 12.8. The van der Waals surface area contributed by atoms with E-state index in [9.17, 15) is 13.2 Å². The van der Waals surface area contributed by atoms with E-state index in [1.807, 2.05) is 48.7 Å². The van der Waals surface area contributed by atoms with Gasteiger partial charge in [0.2, 0.25) is 0 Å². The minimum atomic E-state index is -3.81. The second-order valence-electron chi connectivity index (χ2n) is 7.88. The molecule has 166 valence electrons. The number of aromatic nitrogens is 1. The quantitative estimate of drug-likeness (QED) is 0.430. The molecule has 1 aromatic heterocycles. The van der Waals surface area contributed by atoms with E-state index < -0.39 is 10.0 Å². The molecule has 2 heterocycles. The summed E-state index contributed by atoms with van der Waals surface area (Å²) in [4.78, 5) is 17.2. The Bertz CT molecular complexity index is 1420. The minimum Gasteiger partial charge on any atom is -0.322 e. The van der Waals surface area contributed by atoms with Crippen LogP contribution in [0.15, 0.2) is 89.3 Å². The van der Waals surface area contributed by atoms with E-state index in [1.54, 1.807) is 41.8 Å². The van der Waals surface area contributed by atoms with Gasteiger partial charge < -0.3 is 5.32 Å². The Kier molecular flexibility index (Phi) is 5.47. The van der Waals surface area contributed by atoms with E-state index in [0.29, 0.717) is 17.8 Å². The SMILES string of the molecule is C[C@@H]1Cc2ccccc2N1S(=O)(=O)c1cccc(C(=O)Nc2ccc(-c3nccs3)cc2)c1. The van der Waals surface area contributed by atoms with Gasteiger partial charge in [-0.15, -0.1) is 11.3 Å². The summed E-state index contributed by atoms with van der Waals surface area (Å²) in [7, 11) is -3.81. The van der Waals surface area contributed by atoms with Crippen LogP contribution in [0.1, 0.15) is 22.8 Å². The number of fused-ring (bicyclic) bond motifs is 1. The first-order chi connectivity index (χ1) is 15.9. The number of benzene rings is 3. The fourth-order valence-electron chi connectivity index (χ4n) is 4.08. The van der Waals surface area contributed by atoms with Gasteiger partial charge in [0.05, 0.1) is 10.6 Å². The third-order valence-electron chi connectivity index (χ3n) is 5.62. The molecule has 3 aromatic carbocycles. The summed E-state index contributed by atoms with van der Waals surface area (Å²) in [6.07, 6.45) is 2.41. The zero-order valence-electron chi connectivity index (χ0n) is 17.8. The maximum Gasteiger partial charge on any atom is 0.264 e. The van der Waals surface area contributed by atoms with Gasteiger partial charge in [-0.05, 0) is 67.4 Å². The number of anilines is 2. The van der Waals surface area contributed by atoms with Gasteiger partial charge in [0.25, 0.3) is 15.9 Å². The Morgan fingerprint density at radius 1 is 1.06 bits per heavy atom. The number of nitrogens with one attached hydrogen (secondary N) is 1. The molecule has 0 unspecified atom stereocenters. The molecule has 1 atom stereocenters. The van der Waals surface area contributed by atoms with Crippen LogP contribution in [0.5, 0.6) is 0 Å². The lowest BCUT2D eigenvalue weighted by Crippen LogP contribution is -2.35. The lowest BCUT2D eigenvalue weighted by molar-refractivity contribution is 0.102. The number of carbonyl (C=O) groups excluding carboxylic acids is 1. The van der Waals surface area contributed by atoms with E-state index in [0.717, 1.165) is 16.1 Å². The van der Waals surface area contributed by atoms with Crippen molar-refractivity contribution in [3.05, 3.63) is 95.5 Å². The molecule has 8 heteroatoms. The van der Waals surface area contributed by atoms with E-state index >= 15 is 0 Å². The molecule has 1 N–H and O–H groups in total. The molecule has 5 rings (SSSR count). The smallest absolute Gasteiger partial charge is 0.264 e. The number of carbonyl (C=O) groups is 1. The highest BCUT2D eigenvalue weighted by molar-refractivity contribution is 7.92. The van der Waals surface area contributed by atoms with Crippen LogP contribution in [0, 0.1) is 0 Å². The molecule has 1 amide bonds. The lowest BCUT2D eigenvalue weighted by atomic mass is 10.1. The Morgan fingerprint density at radius 2 is 1.85 bits per heavy atom. The lowest BCUT2D eigenvalue weighted by Gasteiger charge is -2.24. The van der Waals surface area contributed by atoms with Crippen molar-refractivity contribution in [3.8, 4) is 10.6 Å². The Hall–Kier alpha value is -3.49. The van der Waals surface area contributed by atoms with Gasteiger partial charge in [-0.1, -0.05) is 24.3 Å². The summed E-state index contributed by atoms with van der Waals surface area (Å²) in [6, 6.07) is 20.9. The molecular formula is C25H21N3O3S2. The molecule has 0 saturated carbocycles. The highest BCUT2D eigenvalue weighted by atomic mass is 32.2. The van der Waals surface area contributed by atoms with Gasteiger partial charge >= 0.3 is 0 Å². The van der Waals surface area contributed by atoms with Crippen LogP contribution in [-0.2, 0) is 16.4 Å². The number of rotatable bonds is 5. The summed E-state index contributed by atoms with van der Waals surface area (Å²) >= 11 is 1.54. The zero-order valence-corrected chi connectivity index (χ0v) is 19.4. The van der Waals surface area contributed by atoms with E-state index in [-0.39, 0.29) is 22.4 Å². The van der Waals surface area contributed by atoms with Crippen molar-refractivity contribution in [2.24, 2.45) is 0 Å². The standard InChI is InChI=1S/C25H21N3O3S2/c1-17-15-19-5-2-3-8-23(19)28(17)33(30,31)22-7-4-6-20(16-22)24(29)27-21-11-9-18(10-12-21)25-26-13-14-32-25/h2-14,16-17H,15H2,1H3,(H,27,29)/t17-/m1/s1. The summed E-state index contributed by atoms with van der Waals surface area (Å²) in [5.41, 5.74) is 3.57. The topological polar surface area (TPSA) is 79.4 Å². The second-order valence-corrected chi connectivity index (χ2v) is 10.6. The van der Waals surface area contributed by atoms with Crippen LogP contribution in [0.3, 0.4) is 0 Å². The molecular weight excluding hydrogens is 454 g/mol. The molecule has 0 spiro atoms. The number of thiazole rings is 1. The number of hydrogen-bond acceptors (Lipinski definition) is 5. The predicted octanol–water partition coefficient (Wildman–Crippen LogP) is 5.20. The van der Waals surface area contributed by atoms with Crippen molar-refractivity contribution in [1.82, 2.24) is 4.98 Å². The van der Waals surface area contributed by atoms with Gasteiger partial charge in [0.15, 0.2) is 0 Å². The highest BCUT2D eigenvalue weighted by Crippen LogP contribution is 2.36. The zero-order chi connectivity index (χ0) is 23.0. The summed E-state index contributed by atoms with van der Waals surface area (Å²) < 4.78 is 28.4. The predicted molar refractivity (Wildman–Crippen MR) is 131 cm³/mol. The third kappa shape index (κ3) is 4.03. The van der Waals surface area contributed by atoms with Gasteiger partial charge in [0, 0.05) is 34.4 Å². The number of nitrogens with zero attached hydrogens (tertiary/aromatic N) is 2. The van der Waals surface area contributed by atoms with Crippen molar-refractivity contribution in [2.75, 3.05) is 9.62 Å². The van der Waals surface area contributed by atoms with Gasteiger partial charge in [-0.25, -0.2) is 13.4 Å². The van der Waals surface area contributed by atoms with Crippen LogP contribution in [-0.4, -0.2) is 25.4 Å². The average Bonchev–Trinajstić information content (AvgIpc) is 3.47. The second kappa shape index (κ2) is 8.46. The minimum absolute atomic E-state index is 0.0952. The molecule has 0 fully saturated rings. The summed E-state index contributed by atoms with van der Waals surface area (Å²) in [5.74, 6) is -0.371. The van der Waals surface area contributed by atoms with Crippen LogP contribution in [0.25, 0.3) is 10.6 Å². The monoisotopic (exact) mass is 475 g/mol. The van der Waals surface area contributed by atoms with E-state index in [2.05, 4.69) is 10.3 Å². The van der Waals surface area contributed by atoms with Crippen LogP contribution >= 0.6 is 11.3 Å². The van der Waals surface area contributed by atoms with Crippen molar-refractivity contribution < 1.29 is 13.2 Å². The van der Waals surface area contributed by atoms with Crippen LogP contribution in [0.4, 0.5) is 11.4 Å². The van der Waals surface area contributed by atoms with Gasteiger partial charge in [0.1, 0.15) is 5.01 Å². The molecule has 0 aliphatic carbocycles. The Labute approximate surface area is 196 Å². The summed E-state index contributed by atoms with van der Waals surface area (Å²) in [6.45, 7) is 1.89. The van der Waals surface area contributed by atoms with Crippen LogP contribution < -0.4 is 9.62 Å². The number of hydrogen-bond donors (Lipinski definition) is 1. The van der Waals surface area contributed by atoms with Gasteiger partial charge in [-0.3, -0.25) is 9.10 Å². The van der Waals surface area contributed by atoms with Crippen molar-refractivity contribution in [1.29, 1.82) is 0 Å². The average molecular weight is 476 g/mol. The fourth-order valence-corrected chi connectivity index (χ4v) is 6.46. The molecule has 0 radical (unpaired) electrons. The van der Waals surface area contributed by atoms with E-state index in [1.165, 1.54) is 16.4 Å². The molecule has 6 nitrogen and oxygen atoms in total. The van der Waals surface area contributed by atoms with Crippen molar-refractivity contribution in [2.45, 2.75) is 24.3 Å². The Morgan fingerprint density at radius 3 is 2.61 bits per heavy atom. The molecule has 33 heavy (non-hydrogen) atoms. The largest absolute Gasteiger partial charge is 0.322 e. The van der Waals surface area contributed by atoms with Crippen molar-refractivity contribution in [3.63, 3.8) is 0 Å². The van der Waals surface area contributed by atoms with Crippen molar-refractivity contribution >= 4 is 38.6 Å². The summed E-state index contributed by atoms with van der Waals surface area (Å²) in [5, 5.41) is 5.66. The highest BCUT2D eigenvalue weighted by Gasteiger charge is 2.36. The molecule has 1 aliphatic rings. The third-order valence-corrected chi connectivity index (χ3v) is 8.37. The normalized spacial score (nSPS) is 15.3. The molecule has 1 aliphatic heterocycles. The van der Waals surface area contributed by atoms with E-state index in [4.69, 9.17) is 0 Å². The maximum atomic E-state index is 13.5. The number of para-hydroxylation sites is 1. The van der Waals surface area contributed by atoms with Gasteiger partial charge in [-0.2, -0.15) is 0 Å². The van der Waals surface area contributed by atoms with Crippen LogP contribution in [0.2, 0.25) is 0 Å². The number of amides is 1.